The molecule has 0 fully saturated rings. The molecule has 6 heteroatoms. The van der Waals surface area contributed by atoms with Gasteiger partial charge in [0.05, 0.1) is 13.7 Å². The quantitative estimate of drug-likeness (QED) is 0.804. The van der Waals surface area contributed by atoms with Crippen LogP contribution in [-0.4, -0.2) is 37.4 Å². The van der Waals surface area contributed by atoms with Gasteiger partial charge in [-0.15, -0.1) is 0 Å². The molecule has 130 valence electrons. The minimum Gasteiger partial charge on any atom is -0.497 e. The molecule has 2 amide bonds. The average Bonchev–Trinajstić information content (AvgIpc) is 2.62. The number of anilines is 1. The van der Waals surface area contributed by atoms with E-state index < -0.39 is 0 Å². The van der Waals surface area contributed by atoms with Gasteiger partial charge in [-0.3, -0.25) is 9.59 Å². The summed E-state index contributed by atoms with van der Waals surface area (Å²) in [5.41, 5.74) is 1.50. The molecule has 25 heavy (non-hydrogen) atoms. The first-order chi connectivity index (χ1) is 12.0. The third-order valence-electron chi connectivity index (χ3n) is 3.42. The molecule has 0 saturated heterocycles. The number of methoxy groups -OCH3 is 1. The van der Waals surface area contributed by atoms with Gasteiger partial charge in [-0.05, 0) is 48.0 Å². The van der Waals surface area contributed by atoms with Gasteiger partial charge in [0.15, 0.2) is 0 Å². The Bertz CT molecular complexity index is 755. The third kappa shape index (κ3) is 5.97. The van der Waals surface area contributed by atoms with Crippen molar-refractivity contribution in [1.82, 2.24) is 4.90 Å². The van der Waals surface area contributed by atoms with Gasteiger partial charge < -0.3 is 15.0 Å². The lowest BCUT2D eigenvalue weighted by atomic mass is 10.2. The molecular formula is C19H19ClN2O3. The van der Waals surface area contributed by atoms with E-state index in [4.69, 9.17) is 16.3 Å². The third-order valence-corrected chi connectivity index (χ3v) is 3.67. The first-order valence-corrected chi connectivity index (χ1v) is 7.98. The Morgan fingerprint density at radius 1 is 1.12 bits per heavy atom. The van der Waals surface area contributed by atoms with E-state index in [1.807, 2.05) is 24.3 Å². The minimum atomic E-state index is -0.281. The molecule has 1 N–H and O–H groups in total. The molecule has 0 unspecified atom stereocenters. The highest BCUT2D eigenvalue weighted by molar-refractivity contribution is 6.30. The highest BCUT2D eigenvalue weighted by Crippen LogP contribution is 2.14. The summed E-state index contributed by atoms with van der Waals surface area (Å²) < 4.78 is 5.08. The van der Waals surface area contributed by atoms with Crippen molar-refractivity contribution in [3.8, 4) is 5.75 Å². The van der Waals surface area contributed by atoms with Gasteiger partial charge in [0.2, 0.25) is 11.8 Å². The standard InChI is InChI=1S/C19H19ClN2O3/c1-22(13-18(23)21-16-8-6-15(20)7-9-16)19(24)12-5-14-3-10-17(25-2)11-4-14/h3-12H,13H2,1-2H3,(H,21,23)/b12-5+. The summed E-state index contributed by atoms with van der Waals surface area (Å²) in [4.78, 5) is 25.4. The van der Waals surface area contributed by atoms with Gasteiger partial charge >= 0.3 is 0 Å². The topological polar surface area (TPSA) is 58.6 Å². The summed E-state index contributed by atoms with van der Waals surface area (Å²) in [6.45, 7) is -0.0472. The molecule has 0 spiro atoms. The molecule has 2 rings (SSSR count). The molecule has 0 aliphatic carbocycles. The van der Waals surface area contributed by atoms with Gasteiger partial charge in [-0.2, -0.15) is 0 Å². The molecule has 0 bridgehead atoms. The van der Waals surface area contributed by atoms with E-state index in [1.54, 1.807) is 44.5 Å². The van der Waals surface area contributed by atoms with Gasteiger partial charge in [0.1, 0.15) is 5.75 Å². The summed E-state index contributed by atoms with van der Waals surface area (Å²) in [5, 5.41) is 3.30. The minimum absolute atomic E-state index is 0.0472. The predicted octanol–water partition coefficient (Wildman–Crippen LogP) is 3.46. The second-order valence-electron chi connectivity index (χ2n) is 5.36. The van der Waals surface area contributed by atoms with Crippen molar-refractivity contribution in [3.63, 3.8) is 0 Å². The van der Waals surface area contributed by atoms with E-state index in [9.17, 15) is 9.59 Å². The number of nitrogens with one attached hydrogen (secondary N) is 1. The number of nitrogens with zero attached hydrogens (tertiary/aromatic N) is 1. The van der Waals surface area contributed by atoms with Crippen LogP contribution in [0.4, 0.5) is 5.69 Å². The fourth-order valence-corrected chi connectivity index (χ4v) is 2.16. The zero-order valence-electron chi connectivity index (χ0n) is 14.0. The SMILES string of the molecule is COc1ccc(/C=C/C(=O)N(C)CC(=O)Nc2ccc(Cl)cc2)cc1. The number of amides is 2. The van der Waals surface area contributed by atoms with Crippen LogP contribution in [0.15, 0.2) is 54.6 Å². The van der Waals surface area contributed by atoms with Crippen molar-refractivity contribution >= 4 is 35.2 Å². The Hall–Kier alpha value is -2.79. The first kappa shape index (κ1) is 18.5. The van der Waals surface area contributed by atoms with Crippen LogP contribution < -0.4 is 10.1 Å². The van der Waals surface area contributed by atoms with Crippen LogP contribution in [0.1, 0.15) is 5.56 Å². The van der Waals surface area contributed by atoms with E-state index in [0.717, 1.165) is 11.3 Å². The molecule has 0 saturated carbocycles. The first-order valence-electron chi connectivity index (χ1n) is 7.60. The fraction of sp³-hybridized carbons (Fsp3) is 0.158. The molecule has 0 aliphatic heterocycles. The maximum Gasteiger partial charge on any atom is 0.246 e. The molecule has 0 radical (unpaired) electrons. The fourth-order valence-electron chi connectivity index (χ4n) is 2.04. The number of likely N-dealkylation sites (N-methyl/N-ethyl adjacent to an activating group) is 1. The highest BCUT2D eigenvalue weighted by Gasteiger charge is 2.10. The summed E-state index contributed by atoms with van der Waals surface area (Å²) in [7, 11) is 3.17. The van der Waals surface area contributed by atoms with Crippen LogP contribution in [0.3, 0.4) is 0 Å². The Labute approximate surface area is 151 Å². The Morgan fingerprint density at radius 2 is 1.76 bits per heavy atom. The summed E-state index contributed by atoms with van der Waals surface area (Å²) in [6, 6.07) is 14.1. The summed E-state index contributed by atoms with van der Waals surface area (Å²) in [6.07, 6.45) is 3.12. The second kappa shape index (κ2) is 8.89. The monoisotopic (exact) mass is 358 g/mol. The zero-order chi connectivity index (χ0) is 18.2. The Morgan fingerprint density at radius 3 is 2.36 bits per heavy atom. The van der Waals surface area contributed by atoms with Crippen molar-refractivity contribution in [2.75, 3.05) is 26.0 Å². The van der Waals surface area contributed by atoms with Gasteiger partial charge in [-0.25, -0.2) is 0 Å². The molecule has 0 atom stereocenters. The van der Waals surface area contributed by atoms with E-state index in [0.29, 0.717) is 10.7 Å². The molecule has 2 aromatic rings. The van der Waals surface area contributed by atoms with E-state index >= 15 is 0 Å². The maximum absolute atomic E-state index is 12.1. The molecular weight excluding hydrogens is 340 g/mol. The molecule has 0 aliphatic rings. The highest BCUT2D eigenvalue weighted by atomic mass is 35.5. The Balaban J connectivity index is 1.87. The molecule has 0 aromatic heterocycles. The van der Waals surface area contributed by atoms with Crippen molar-refractivity contribution in [1.29, 1.82) is 0 Å². The van der Waals surface area contributed by atoms with E-state index in [-0.39, 0.29) is 18.4 Å². The van der Waals surface area contributed by atoms with Crippen molar-refractivity contribution in [2.45, 2.75) is 0 Å². The number of ether oxygens (including phenoxy) is 1. The number of hydrogen-bond donors (Lipinski definition) is 1. The van der Waals surface area contributed by atoms with Crippen LogP contribution in [0.2, 0.25) is 5.02 Å². The number of rotatable bonds is 6. The lowest BCUT2D eigenvalue weighted by molar-refractivity contribution is -0.129. The number of halogens is 1. The van der Waals surface area contributed by atoms with Crippen LogP contribution in [0.5, 0.6) is 5.75 Å². The zero-order valence-corrected chi connectivity index (χ0v) is 14.8. The van der Waals surface area contributed by atoms with Crippen molar-refractivity contribution in [2.24, 2.45) is 0 Å². The summed E-state index contributed by atoms with van der Waals surface area (Å²) in [5.74, 6) is 0.206. The Kier molecular flexibility index (Phi) is 6.60. The van der Waals surface area contributed by atoms with Crippen LogP contribution >= 0.6 is 11.6 Å². The lowest BCUT2D eigenvalue weighted by Crippen LogP contribution is -2.33. The second-order valence-corrected chi connectivity index (χ2v) is 5.79. The van der Waals surface area contributed by atoms with Crippen LogP contribution in [-0.2, 0) is 9.59 Å². The van der Waals surface area contributed by atoms with E-state index in [2.05, 4.69) is 5.32 Å². The molecule has 2 aromatic carbocycles. The lowest BCUT2D eigenvalue weighted by Gasteiger charge is -2.14. The van der Waals surface area contributed by atoms with E-state index in [1.165, 1.54) is 11.0 Å². The van der Waals surface area contributed by atoms with Gasteiger partial charge in [-0.1, -0.05) is 23.7 Å². The van der Waals surface area contributed by atoms with Crippen LogP contribution in [0, 0.1) is 0 Å². The average molecular weight is 359 g/mol. The number of carbonyl (C=O) groups is 2. The smallest absolute Gasteiger partial charge is 0.246 e. The van der Waals surface area contributed by atoms with Gasteiger partial charge in [0.25, 0.3) is 0 Å². The van der Waals surface area contributed by atoms with Crippen molar-refractivity contribution < 1.29 is 14.3 Å². The van der Waals surface area contributed by atoms with Crippen LogP contribution in [0.25, 0.3) is 6.08 Å². The summed E-state index contributed by atoms with van der Waals surface area (Å²) >= 11 is 5.80. The molecule has 0 heterocycles. The predicted molar refractivity (Wildman–Crippen MR) is 99.7 cm³/mol. The number of hydrogen-bond acceptors (Lipinski definition) is 3. The van der Waals surface area contributed by atoms with Gasteiger partial charge in [0, 0.05) is 23.8 Å². The number of carbonyl (C=O) groups excluding carboxylic acids is 2. The largest absolute Gasteiger partial charge is 0.497 e. The normalized spacial score (nSPS) is 10.5. The van der Waals surface area contributed by atoms with Crippen molar-refractivity contribution in [3.05, 3.63) is 65.2 Å². The number of benzene rings is 2. The molecule has 5 nitrogen and oxygen atoms in total. The maximum atomic E-state index is 12.1.